The van der Waals surface area contributed by atoms with Crippen molar-refractivity contribution in [1.29, 1.82) is 0 Å². The van der Waals surface area contributed by atoms with E-state index in [0.717, 1.165) is 36.4 Å². The Morgan fingerprint density at radius 3 is 2.95 bits per heavy atom. The Labute approximate surface area is 130 Å². The molecular formula is C14H23N3O2S2. The van der Waals surface area contributed by atoms with Gasteiger partial charge >= 0.3 is 0 Å². The molecule has 0 aromatic carbocycles. The van der Waals surface area contributed by atoms with Gasteiger partial charge in [-0.05, 0) is 51.4 Å². The van der Waals surface area contributed by atoms with Gasteiger partial charge in [0.05, 0.1) is 0 Å². The van der Waals surface area contributed by atoms with Crippen LogP contribution < -0.4 is 10.0 Å². The largest absolute Gasteiger partial charge is 0.315 e. The van der Waals surface area contributed by atoms with E-state index in [1.165, 1.54) is 17.8 Å². The van der Waals surface area contributed by atoms with Crippen molar-refractivity contribution in [2.75, 3.05) is 20.1 Å². The first-order chi connectivity index (χ1) is 10.0. The zero-order chi connectivity index (χ0) is 15.0. The topological polar surface area (TPSA) is 61.4 Å². The van der Waals surface area contributed by atoms with Crippen LogP contribution in [0, 0.1) is 6.92 Å². The summed E-state index contributed by atoms with van der Waals surface area (Å²) in [7, 11) is -1.51. The molecule has 1 aromatic heterocycles. The fourth-order valence-corrected chi connectivity index (χ4v) is 6.36. The first-order valence-corrected chi connectivity index (χ1v) is 9.81. The fourth-order valence-electron chi connectivity index (χ4n) is 3.43. The van der Waals surface area contributed by atoms with Crippen molar-refractivity contribution in [3.63, 3.8) is 0 Å². The fraction of sp³-hybridized carbons (Fsp3) is 0.714. The predicted molar refractivity (Wildman–Crippen MR) is 85.1 cm³/mol. The number of hydrogen-bond donors (Lipinski definition) is 2. The van der Waals surface area contributed by atoms with Crippen molar-refractivity contribution < 1.29 is 8.42 Å². The van der Waals surface area contributed by atoms with Crippen LogP contribution in [-0.2, 0) is 16.6 Å². The van der Waals surface area contributed by atoms with Gasteiger partial charge in [0.1, 0.15) is 4.21 Å². The van der Waals surface area contributed by atoms with E-state index in [0.29, 0.717) is 16.8 Å². The molecule has 0 radical (unpaired) electrons. The van der Waals surface area contributed by atoms with Gasteiger partial charge in [-0.1, -0.05) is 0 Å². The predicted octanol–water partition coefficient (Wildman–Crippen LogP) is 1.29. The van der Waals surface area contributed by atoms with Crippen LogP contribution in [0.2, 0.25) is 0 Å². The van der Waals surface area contributed by atoms with E-state index < -0.39 is 10.0 Å². The summed E-state index contributed by atoms with van der Waals surface area (Å²) < 4.78 is 28.6. The maximum Gasteiger partial charge on any atom is 0.250 e. The Hall–Kier alpha value is -0.470. The summed E-state index contributed by atoms with van der Waals surface area (Å²) in [5, 5.41) is 3.08. The number of thiophene rings is 1. The molecule has 3 rings (SSSR count). The van der Waals surface area contributed by atoms with Crippen molar-refractivity contribution in [1.82, 2.24) is 14.9 Å². The van der Waals surface area contributed by atoms with Gasteiger partial charge in [0.25, 0.3) is 0 Å². The van der Waals surface area contributed by atoms with Crippen LogP contribution in [0.25, 0.3) is 0 Å². The molecule has 2 saturated heterocycles. The number of nitrogens with one attached hydrogen (secondary N) is 2. The molecule has 2 aliphatic heterocycles. The molecule has 0 aliphatic carbocycles. The van der Waals surface area contributed by atoms with Crippen LogP contribution in [0.1, 0.15) is 29.7 Å². The van der Waals surface area contributed by atoms with E-state index in [9.17, 15) is 8.42 Å². The molecule has 1 aromatic rings. The average molecular weight is 329 g/mol. The van der Waals surface area contributed by atoms with Gasteiger partial charge in [0, 0.05) is 30.1 Å². The van der Waals surface area contributed by atoms with Gasteiger partial charge in [-0.25, -0.2) is 13.1 Å². The monoisotopic (exact) mass is 329 g/mol. The minimum absolute atomic E-state index is 0.0765. The van der Waals surface area contributed by atoms with E-state index in [1.807, 2.05) is 14.0 Å². The first-order valence-electron chi connectivity index (χ1n) is 7.51. The number of aryl methyl sites for hydroxylation is 1. The SMILES string of the molecule is CNCc1sc(S(=O)(=O)NC2CCN3CCCC23)cc1C. The summed E-state index contributed by atoms with van der Waals surface area (Å²) in [4.78, 5) is 3.51. The Kier molecular flexibility index (Phi) is 4.38. The molecule has 2 atom stereocenters. The molecule has 21 heavy (non-hydrogen) atoms. The van der Waals surface area contributed by atoms with Gasteiger partial charge in [-0.2, -0.15) is 0 Å². The third kappa shape index (κ3) is 3.03. The maximum absolute atomic E-state index is 12.6. The second-order valence-electron chi connectivity index (χ2n) is 5.96. The number of nitrogens with zero attached hydrogens (tertiary/aromatic N) is 1. The second-order valence-corrected chi connectivity index (χ2v) is 9.04. The zero-order valence-electron chi connectivity index (χ0n) is 12.6. The molecule has 0 saturated carbocycles. The Morgan fingerprint density at radius 2 is 2.19 bits per heavy atom. The molecule has 5 nitrogen and oxygen atoms in total. The van der Waals surface area contributed by atoms with Gasteiger partial charge < -0.3 is 5.32 Å². The van der Waals surface area contributed by atoms with Crippen LogP contribution in [-0.4, -0.2) is 45.5 Å². The van der Waals surface area contributed by atoms with Crippen molar-refractivity contribution >= 4 is 21.4 Å². The van der Waals surface area contributed by atoms with Crippen LogP contribution in [0.4, 0.5) is 0 Å². The molecule has 0 spiro atoms. The van der Waals surface area contributed by atoms with E-state index >= 15 is 0 Å². The number of rotatable bonds is 5. The normalized spacial score (nSPS) is 26.4. The summed E-state index contributed by atoms with van der Waals surface area (Å²) in [5.74, 6) is 0. The highest BCUT2D eigenvalue weighted by Gasteiger charge is 2.39. The van der Waals surface area contributed by atoms with Crippen LogP contribution in [0.3, 0.4) is 0 Å². The number of hydrogen-bond acceptors (Lipinski definition) is 5. The van der Waals surface area contributed by atoms with Gasteiger partial charge in [0.2, 0.25) is 10.0 Å². The van der Waals surface area contributed by atoms with Gasteiger partial charge in [-0.15, -0.1) is 11.3 Å². The Morgan fingerprint density at radius 1 is 1.38 bits per heavy atom. The maximum atomic E-state index is 12.6. The zero-order valence-corrected chi connectivity index (χ0v) is 14.2. The summed E-state index contributed by atoms with van der Waals surface area (Å²) in [6.45, 7) is 4.82. The van der Waals surface area contributed by atoms with E-state index in [-0.39, 0.29) is 6.04 Å². The smallest absolute Gasteiger partial charge is 0.250 e. The third-order valence-corrected chi connectivity index (χ3v) is 7.71. The van der Waals surface area contributed by atoms with Crippen molar-refractivity contribution in [2.24, 2.45) is 0 Å². The lowest BCUT2D eigenvalue weighted by Gasteiger charge is -2.20. The Bertz CT molecular complexity index is 612. The summed E-state index contributed by atoms with van der Waals surface area (Å²) >= 11 is 1.37. The number of sulfonamides is 1. The minimum Gasteiger partial charge on any atom is -0.315 e. The lowest BCUT2D eigenvalue weighted by molar-refractivity contribution is 0.309. The summed E-state index contributed by atoms with van der Waals surface area (Å²) in [6.07, 6.45) is 3.23. The van der Waals surface area contributed by atoms with Crippen LogP contribution in [0.5, 0.6) is 0 Å². The highest BCUT2D eigenvalue weighted by Crippen LogP contribution is 2.31. The molecule has 2 aliphatic rings. The second kappa shape index (κ2) is 5.96. The highest BCUT2D eigenvalue weighted by molar-refractivity contribution is 7.91. The van der Waals surface area contributed by atoms with Crippen LogP contribution in [0.15, 0.2) is 10.3 Å². The highest BCUT2D eigenvalue weighted by atomic mass is 32.2. The van der Waals surface area contributed by atoms with Crippen molar-refractivity contribution in [2.45, 2.75) is 49.0 Å². The summed E-state index contributed by atoms with van der Waals surface area (Å²) in [6, 6.07) is 2.27. The Balaban J connectivity index is 1.76. The molecule has 0 amide bonds. The minimum atomic E-state index is -3.39. The molecule has 2 fully saturated rings. The molecule has 0 bridgehead atoms. The van der Waals surface area contributed by atoms with E-state index in [4.69, 9.17) is 0 Å². The molecule has 3 heterocycles. The molecule has 2 N–H and O–H groups in total. The van der Waals surface area contributed by atoms with Gasteiger partial charge in [0.15, 0.2) is 0 Å². The molecule has 7 heteroatoms. The lowest BCUT2D eigenvalue weighted by Crippen LogP contribution is -2.42. The number of fused-ring (bicyclic) bond motifs is 1. The third-order valence-electron chi connectivity index (χ3n) is 4.51. The standard InChI is InChI=1S/C14H23N3O2S2/c1-10-8-14(20-13(10)9-15-2)21(18,19)16-11-5-7-17-6-3-4-12(11)17/h8,11-12,15-16H,3-7,9H2,1-2H3. The molecule has 2 unspecified atom stereocenters. The first kappa shape index (κ1) is 15.4. The van der Waals surface area contributed by atoms with Crippen molar-refractivity contribution in [3.05, 3.63) is 16.5 Å². The molecular weight excluding hydrogens is 306 g/mol. The van der Waals surface area contributed by atoms with E-state index in [1.54, 1.807) is 6.07 Å². The molecule has 118 valence electrons. The van der Waals surface area contributed by atoms with Crippen LogP contribution >= 0.6 is 11.3 Å². The lowest BCUT2D eigenvalue weighted by atomic mass is 10.1. The quantitative estimate of drug-likeness (QED) is 0.855. The summed E-state index contributed by atoms with van der Waals surface area (Å²) in [5.41, 5.74) is 1.05. The average Bonchev–Trinajstić information content (AvgIpc) is 3.09. The van der Waals surface area contributed by atoms with Gasteiger partial charge in [-0.3, -0.25) is 4.90 Å². The van der Waals surface area contributed by atoms with Crippen molar-refractivity contribution in [3.8, 4) is 0 Å². The van der Waals surface area contributed by atoms with E-state index in [2.05, 4.69) is 14.9 Å².